The van der Waals surface area contributed by atoms with E-state index in [0.29, 0.717) is 31.6 Å². The summed E-state index contributed by atoms with van der Waals surface area (Å²) >= 11 is 0. The van der Waals surface area contributed by atoms with E-state index in [-0.39, 0.29) is 30.5 Å². The number of amides is 2. The topological polar surface area (TPSA) is 58.6 Å². The number of benzene rings is 3. The summed E-state index contributed by atoms with van der Waals surface area (Å²) in [6, 6.07) is 22.1. The Bertz CT molecular complexity index is 1250. The van der Waals surface area contributed by atoms with E-state index in [4.69, 9.17) is 4.74 Å². The lowest BCUT2D eigenvalue weighted by atomic mass is 9.87. The third-order valence-corrected chi connectivity index (χ3v) is 6.65. The van der Waals surface area contributed by atoms with Crippen molar-refractivity contribution in [3.8, 4) is 16.9 Å². The second kappa shape index (κ2) is 9.74. The Morgan fingerprint density at radius 2 is 1.66 bits per heavy atom. The van der Waals surface area contributed by atoms with Gasteiger partial charge in [0.25, 0.3) is 0 Å². The number of nitrogens with one attached hydrogen (secondary N) is 1. The molecule has 3 aromatic rings. The van der Waals surface area contributed by atoms with Gasteiger partial charge in [0.15, 0.2) is 0 Å². The SMILES string of the molecule is O=C(CCC(=O)N1CCC2(C=Cc3cc(-c4ccccc4)ccc3O2)CC1)Nc1ccc(F)cc1. The van der Waals surface area contributed by atoms with Crippen molar-refractivity contribution in [1.29, 1.82) is 0 Å². The van der Waals surface area contributed by atoms with Crippen LogP contribution in [-0.4, -0.2) is 35.4 Å². The molecule has 178 valence electrons. The van der Waals surface area contributed by atoms with E-state index in [0.717, 1.165) is 16.9 Å². The molecule has 0 bridgehead atoms. The van der Waals surface area contributed by atoms with Crippen molar-refractivity contribution in [3.63, 3.8) is 0 Å². The predicted octanol–water partition coefficient (Wildman–Crippen LogP) is 5.68. The molecule has 1 spiro atoms. The average Bonchev–Trinajstić information content (AvgIpc) is 2.89. The monoisotopic (exact) mass is 470 g/mol. The Kier molecular flexibility index (Phi) is 6.36. The van der Waals surface area contributed by atoms with E-state index in [1.54, 1.807) is 0 Å². The fraction of sp³-hybridized carbons (Fsp3) is 0.241. The van der Waals surface area contributed by atoms with Crippen LogP contribution in [0.25, 0.3) is 17.2 Å². The maximum Gasteiger partial charge on any atom is 0.224 e. The number of ether oxygens (including phenoxy) is 1. The molecule has 6 heteroatoms. The normalized spacial score (nSPS) is 15.9. The molecule has 2 aliphatic heterocycles. The minimum atomic E-state index is -0.405. The number of fused-ring (bicyclic) bond motifs is 1. The first kappa shape index (κ1) is 22.8. The molecule has 0 radical (unpaired) electrons. The summed E-state index contributed by atoms with van der Waals surface area (Å²) in [4.78, 5) is 26.6. The van der Waals surface area contributed by atoms with Gasteiger partial charge in [-0.15, -0.1) is 0 Å². The number of carbonyl (C=O) groups excluding carboxylic acids is 2. The van der Waals surface area contributed by atoms with Crippen LogP contribution >= 0.6 is 0 Å². The molecule has 0 aromatic heterocycles. The molecule has 5 rings (SSSR count). The van der Waals surface area contributed by atoms with Crippen molar-refractivity contribution >= 4 is 23.6 Å². The van der Waals surface area contributed by atoms with Crippen LogP contribution < -0.4 is 10.1 Å². The molecule has 1 saturated heterocycles. The Morgan fingerprint density at radius 1 is 0.914 bits per heavy atom. The zero-order valence-electron chi connectivity index (χ0n) is 19.4. The Hall–Kier alpha value is -3.93. The first-order valence-corrected chi connectivity index (χ1v) is 11.9. The molecule has 2 heterocycles. The first-order chi connectivity index (χ1) is 17.0. The number of carbonyl (C=O) groups is 2. The van der Waals surface area contributed by atoms with E-state index in [9.17, 15) is 14.0 Å². The summed E-state index contributed by atoms with van der Waals surface area (Å²) in [5.41, 5.74) is 3.49. The van der Waals surface area contributed by atoms with Crippen LogP contribution in [0.4, 0.5) is 10.1 Å². The minimum Gasteiger partial charge on any atom is -0.482 e. The van der Waals surface area contributed by atoms with E-state index in [1.807, 2.05) is 29.2 Å². The number of anilines is 1. The van der Waals surface area contributed by atoms with Gasteiger partial charge in [0.05, 0.1) is 0 Å². The summed E-state index contributed by atoms with van der Waals surface area (Å²) in [6.45, 7) is 1.17. The van der Waals surface area contributed by atoms with Crippen molar-refractivity contribution in [2.75, 3.05) is 18.4 Å². The van der Waals surface area contributed by atoms with Crippen LogP contribution in [0.1, 0.15) is 31.2 Å². The Balaban J connectivity index is 1.13. The minimum absolute atomic E-state index is 0.0400. The standard InChI is InChI=1S/C29H27FN2O3/c30-24-7-9-25(10-8-24)31-27(33)12-13-28(34)32-18-16-29(17-19-32)15-14-23-20-22(6-11-26(23)35-29)21-4-2-1-3-5-21/h1-11,14-15,20H,12-13,16-19H2,(H,31,33). The van der Waals surface area contributed by atoms with Gasteiger partial charge >= 0.3 is 0 Å². The van der Waals surface area contributed by atoms with Gasteiger partial charge < -0.3 is 15.0 Å². The Morgan fingerprint density at radius 3 is 2.40 bits per heavy atom. The lowest BCUT2D eigenvalue weighted by molar-refractivity contribution is -0.135. The van der Waals surface area contributed by atoms with Gasteiger partial charge in [-0.3, -0.25) is 9.59 Å². The van der Waals surface area contributed by atoms with Crippen LogP contribution in [0.2, 0.25) is 0 Å². The second-order valence-electron chi connectivity index (χ2n) is 9.05. The Labute approximate surface area is 204 Å². The van der Waals surface area contributed by atoms with Gasteiger partial charge in [0, 0.05) is 50.0 Å². The van der Waals surface area contributed by atoms with Crippen molar-refractivity contribution < 1.29 is 18.7 Å². The van der Waals surface area contributed by atoms with Crippen LogP contribution in [0, 0.1) is 5.82 Å². The van der Waals surface area contributed by atoms with Crippen LogP contribution in [0.3, 0.4) is 0 Å². The highest BCUT2D eigenvalue weighted by Gasteiger charge is 2.37. The molecule has 1 N–H and O–H groups in total. The molecule has 2 amide bonds. The zero-order chi connectivity index (χ0) is 24.3. The maximum atomic E-state index is 13.0. The number of piperidine rings is 1. The molecule has 2 aliphatic rings. The number of hydrogen-bond acceptors (Lipinski definition) is 3. The second-order valence-corrected chi connectivity index (χ2v) is 9.05. The van der Waals surface area contributed by atoms with Crippen molar-refractivity contribution in [2.24, 2.45) is 0 Å². The highest BCUT2D eigenvalue weighted by molar-refractivity contribution is 5.93. The van der Waals surface area contributed by atoms with Crippen molar-refractivity contribution in [2.45, 2.75) is 31.3 Å². The largest absolute Gasteiger partial charge is 0.482 e. The molecule has 0 aliphatic carbocycles. The average molecular weight is 471 g/mol. The highest BCUT2D eigenvalue weighted by atomic mass is 19.1. The number of hydrogen-bond donors (Lipinski definition) is 1. The molecule has 0 unspecified atom stereocenters. The number of halogens is 1. The van der Waals surface area contributed by atoms with E-state index in [1.165, 1.54) is 29.8 Å². The fourth-order valence-electron chi connectivity index (χ4n) is 4.62. The van der Waals surface area contributed by atoms with Gasteiger partial charge in [-0.1, -0.05) is 42.5 Å². The first-order valence-electron chi connectivity index (χ1n) is 11.9. The molecule has 1 fully saturated rings. The summed E-state index contributed by atoms with van der Waals surface area (Å²) in [5, 5.41) is 2.69. The van der Waals surface area contributed by atoms with Crippen LogP contribution in [0.15, 0.2) is 78.9 Å². The predicted molar refractivity (Wildman–Crippen MR) is 134 cm³/mol. The van der Waals surface area contributed by atoms with Crippen LogP contribution in [-0.2, 0) is 9.59 Å². The van der Waals surface area contributed by atoms with E-state index >= 15 is 0 Å². The summed E-state index contributed by atoms with van der Waals surface area (Å²) in [6.07, 6.45) is 5.89. The molecular formula is C29H27FN2O3. The molecule has 0 atom stereocenters. The van der Waals surface area contributed by atoms with Crippen molar-refractivity contribution in [1.82, 2.24) is 4.90 Å². The van der Waals surface area contributed by atoms with Gasteiger partial charge in [-0.2, -0.15) is 0 Å². The highest BCUT2D eigenvalue weighted by Crippen LogP contribution is 2.38. The molecule has 0 saturated carbocycles. The summed E-state index contributed by atoms with van der Waals surface area (Å²) < 4.78 is 19.4. The molecule has 35 heavy (non-hydrogen) atoms. The lowest BCUT2D eigenvalue weighted by Crippen LogP contribution is -2.49. The van der Waals surface area contributed by atoms with Gasteiger partial charge in [0.2, 0.25) is 11.8 Å². The van der Waals surface area contributed by atoms with Gasteiger partial charge in [-0.25, -0.2) is 4.39 Å². The third kappa shape index (κ3) is 5.27. The van der Waals surface area contributed by atoms with E-state index in [2.05, 4.69) is 41.7 Å². The number of nitrogens with zero attached hydrogens (tertiary/aromatic N) is 1. The fourth-order valence-corrected chi connectivity index (χ4v) is 4.62. The molecule has 5 nitrogen and oxygen atoms in total. The quantitative estimate of drug-likeness (QED) is 0.522. The smallest absolute Gasteiger partial charge is 0.224 e. The lowest BCUT2D eigenvalue weighted by Gasteiger charge is -2.42. The third-order valence-electron chi connectivity index (χ3n) is 6.65. The van der Waals surface area contributed by atoms with Gasteiger partial charge in [0.1, 0.15) is 17.2 Å². The zero-order valence-corrected chi connectivity index (χ0v) is 19.4. The summed E-state index contributed by atoms with van der Waals surface area (Å²) in [5.74, 6) is 0.202. The maximum absolute atomic E-state index is 13.0. The molecule has 3 aromatic carbocycles. The van der Waals surface area contributed by atoms with Crippen LogP contribution in [0.5, 0.6) is 5.75 Å². The van der Waals surface area contributed by atoms with E-state index < -0.39 is 5.60 Å². The number of likely N-dealkylation sites (tertiary alicyclic amines) is 1. The summed E-state index contributed by atoms with van der Waals surface area (Å²) in [7, 11) is 0. The van der Waals surface area contributed by atoms with Crippen molar-refractivity contribution in [3.05, 3.63) is 90.3 Å². The van der Waals surface area contributed by atoms with Gasteiger partial charge in [-0.05, 0) is 53.6 Å². The number of rotatable bonds is 5. The molecular weight excluding hydrogens is 443 g/mol.